The average molecular weight is 464 g/mol. The molecule has 1 aliphatic rings. The standard InChI is InChI=1S/C20H24N4O.HI/c1-14-7-3-4-8-15(14)12-22-20(21-2)23-13-16-11-19(25)24-18-10-6-5-9-17(16)18;/h3-10,16H,11-13H2,1-2H3,(H,24,25)(H2,21,22,23);1H. The molecule has 0 saturated heterocycles. The molecule has 1 unspecified atom stereocenters. The number of hydrogen-bond acceptors (Lipinski definition) is 2. The van der Waals surface area contributed by atoms with Crippen LogP contribution in [0.1, 0.15) is 29.0 Å². The van der Waals surface area contributed by atoms with Crippen molar-refractivity contribution in [1.82, 2.24) is 10.6 Å². The number of guanidine groups is 1. The average Bonchev–Trinajstić information content (AvgIpc) is 2.62. The van der Waals surface area contributed by atoms with Crippen LogP contribution in [0.3, 0.4) is 0 Å². The lowest BCUT2D eigenvalue weighted by atomic mass is 9.90. The quantitative estimate of drug-likeness (QED) is 0.369. The van der Waals surface area contributed by atoms with Gasteiger partial charge in [-0.1, -0.05) is 42.5 Å². The van der Waals surface area contributed by atoms with Crippen LogP contribution in [0.4, 0.5) is 5.69 Å². The van der Waals surface area contributed by atoms with E-state index in [4.69, 9.17) is 0 Å². The fourth-order valence-electron chi connectivity index (χ4n) is 3.11. The van der Waals surface area contributed by atoms with Gasteiger partial charge in [-0.3, -0.25) is 9.79 Å². The zero-order valence-corrected chi connectivity index (χ0v) is 17.4. The summed E-state index contributed by atoms with van der Waals surface area (Å²) in [5.41, 5.74) is 4.58. The van der Waals surface area contributed by atoms with Crippen LogP contribution < -0.4 is 16.0 Å². The summed E-state index contributed by atoms with van der Waals surface area (Å²) in [6, 6.07) is 16.3. The Hall–Kier alpha value is -2.09. The Bertz CT molecular complexity index is 791. The van der Waals surface area contributed by atoms with Gasteiger partial charge in [-0.15, -0.1) is 24.0 Å². The smallest absolute Gasteiger partial charge is 0.225 e. The Morgan fingerprint density at radius 3 is 2.65 bits per heavy atom. The second-order valence-electron chi connectivity index (χ2n) is 6.27. The number of fused-ring (bicyclic) bond motifs is 1. The molecule has 0 spiro atoms. The van der Waals surface area contributed by atoms with Crippen LogP contribution in [-0.4, -0.2) is 25.5 Å². The summed E-state index contributed by atoms with van der Waals surface area (Å²) in [6.45, 7) is 3.48. The highest BCUT2D eigenvalue weighted by atomic mass is 127. The molecular weight excluding hydrogens is 439 g/mol. The molecule has 138 valence electrons. The van der Waals surface area contributed by atoms with Crippen LogP contribution in [0.25, 0.3) is 0 Å². The third kappa shape index (κ3) is 4.97. The third-order valence-electron chi connectivity index (χ3n) is 4.55. The van der Waals surface area contributed by atoms with Crippen molar-refractivity contribution in [1.29, 1.82) is 0 Å². The molecular formula is C20H25IN4O. The molecule has 1 heterocycles. The molecule has 5 nitrogen and oxygen atoms in total. The van der Waals surface area contributed by atoms with E-state index in [1.807, 2.05) is 30.3 Å². The van der Waals surface area contributed by atoms with Gasteiger partial charge >= 0.3 is 0 Å². The van der Waals surface area contributed by atoms with E-state index in [0.717, 1.165) is 11.6 Å². The number of aliphatic imine (C=N–C) groups is 1. The van der Waals surface area contributed by atoms with Crippen molar-refractivity contribution >= 4 is 41.5 Å². The highest BCUT2D eigenvalue weighted by Crippen LogP contribution is 2.31. The van der Waals surface area contributed by atoms with Gasteiger partial charge < -0.3 is 16.0 Å². The number of aryl methyl sites for hydroxylation is 1. The molecule has 1 atom stereocenters. The van der Waals surface area contributed by atoms with Gasteiger partial charge in [-0.2, -0.15) is 0 Å². The Morgan fingerprint density at radius 2 is 1.88 bits per heavy atom. The molecule has 0 aromatic heterocycles. The zero-order valence-electron chi connectivity index (χ0n) is 15.1. The number of benzene rings is 2. The van der Waals surface area contributed by atoms with Gasteiger partial charge in [-0.25, -0.2) is 0 Å². The third-order valence-corrected chi connectivity index (χ3v) is 4.55. The summed E-state index contributed by atoms with van der Waals surface area (Å²) in [5, 5.41) is 9.62. The summed E-state index contributed by atoms with van der Waals surface area (Å²) in [7, 11) is 1.76. The van der Waals surface area contributed by atoms with Crippen LogP contribution >= 0.6 is 24.0 Å². The minimum absolute atomic E-state index is 0. The van der Waals surface area contributed by atoms with Crippen molar-refractivity contribution in [2.45, 2.75) is 25.8 Å². The largest absolute Gasteiger partial charge is 0.356 e. The van der Waals surface area contributed by atoms with E-state index in [1.54, 1.807) is 7.05 Å². The van der Waals surface area contributed by atoms with Gasteiger partial charge in [-0.05, 0) is 29.7 Å². The van der Waals surface area contributed by atoms with E-state index in [-0.39, 0.29) is 35.8 Å². The SMILES string of the molecule is CN=C(NCc1ccccc1C)NCC1CC(=O)Nc2ccccc21.I. The van der Waals surface area contributed by atoms with E-state index >= 15 is 0 Å². The van der Waals surface area contributed by atoms with Gasteiger partial charge in [0.2, 0.25) is 5.91 Å². The van der Waals surface area contributed by atoms with Crippen molar-refractivity contribution in [3.63, 3.8) is 0 Å². The summed E-state index contributed by atoms with van der Waals surface area (Å²) in [6.07, 6.45) is 0.485. The lowest BCUT2D eigenvalue weighted by Crippen LogP contribution is -2.40. The van der Waals surface area contributed by atoms with Crippen LogP contribution in [0, 0.1) is 6.92 Å². The number of amides is 1. The van der Waals surface area contributed by atoms with Gasteiger partial charge in [0, 0.05) is 38.2 Å². The molecule has 0 saturated carbocycles. The van der Waals surface area contributed by atoms with Gasteiger partial charge in [0.15, 0.2) is 5.96 Å². The maximum atomic E-state index is 11.9. The Kier molecular flexibility index (Phi) is 7.44. The Balaban J connectivity index is 0.00000243. The monoisotopic (exact) mass is 464 g/mol. The summed E-state index contributed by atoms with van der Waals surface area (Å²) in [4.78, 5) is 16.2. The molecule has 2 aromatic carbocycles. The first-order chi connectivity index (χ1) is 12.2. The number of hydrogen-bond donors (Lipinski definition) is 3. The molecule has 0 aliphatic carbocycles. The molecule has 26 heavy (non-hydrogen) atoms. The van der Waals surface area contributed by atoms with E-state index < -0.39 is 0 Å². The first kappa shape index (κ1) is 20.2. The predicted octanol–water partition coefficient (Wildman–Crippen LogP) is 3.40. The van der Waals surface area contributed by atoms with Crippen molar-refractivity contribution < 1.29 is 4.79 Å². The molecule has 0 fully saturated rings. The number of anilines is 1. The van der Waals surface area contributed by atoms with E-state index in [9.17, 15) is 4.79 Å². The topological polar surface area (TPSA) is 65.5 Å². The number of para-hydroxylation sites is 1. The van der Waals surface area contributed by atoms with Gasteiger partial charge in [0.05, 0.1) is 0 Å². The molecule has 1 aliphatic heterocycles. The van der Waals surface area contributed by atoms with Crippen LogP contribution in [0.5, 0.6) is 0 Å². The number of nitrogens with one attached hydrogen (secondary N) is 3. The summed E-state index contributed by atoms with van der Waals surface area (Å²) in [5.74, 6) is 0.946. The second-order valence-corrected chi connectivity index (χ2v) is 6.27. The Morgan fingerprint density at radius 1 is 1.15 bits per heavy atom. The molecule has 6 heteroatoms. The summed E-state index contributed by atoms with van der Waals surface area (Å²) >= 11 is 0. The number of rotatable bonds is 4. The lowest BCUT2D eigenvalue weighted by Gasteiger charge is -2.26. The fraction of sp³-hybridized carbons (Fsp3) is 0.300. The number of carbonyl (C=O) groups excluding carboxylic acids is 1. The van der Waals surface area contributed by atoms with Crippen LogP contribution in [0.15, 0.2) is 53.5 Å². The van der Waals surface area contributed by atoms with Crippen molar-refractivity contribution in [2.75, 3.05) is 18.9 Å². The molecule has 3 rings (SSSR count). The highest BCUT2D eigenvalue weighted by molar-refractivity contribution is 14.0. The number of halogens is 1. The molecule has 0 radical (unpaired) electrons. The number of carbonyl (C=O) groups is 1. The minimum atomic E-state index is 0. The zero-order chi connectivity index (χ0) is 17.6. The predicted molar refractivity (Wildman–Crippen MR) is 117 cm³/mol. The first-order valence-electron chi connectivity index (χ1n) is 8.55. The minimum Gasteiger partial charge on any atom is -0.356 e. The second kappa shape index (κ2) is 9.56. The number of nitrogens with zero attached hydrogens (tertiary/aromatic N) is 1. The van der Waals surface area contributed by atoms with Crippen molar-refractivity contribution in [2.24, 2.45) is 4.99 Å². The molecule has 1 amide bonds. The van der Waals surface area contributed by atoms with Crippen molar-refractivity contribution in [3.8, 4) is 0 Å². The first-order valence-corrected chi connectivity index (χ1v) is 8.55. The maximum Gasteiger partial charge on any atom is 0.225 e. The van der Waals surface area contributed by atoms with Gasteiger partial charge in [0.25, 0.3) is 0 Å². The highest BCUT2D eigenvalue weighted by Gasteiger charge is 2.24. The fourth-order valence-corrected chi connectivity index (χ4v) is 3.11. The lowest BCUT2D eigenvalue weighted by molar-refractivity contribution is -0.116. The van der Waals surface area contributed by atoms with Crippen LogP contribution in [-0.2, 0) is 11.3 Å². The maximum absolute atomic E-state index is 11.9. The molecule has 3 N–H and O–H groups in total. The van der Waals surface area contributed by atoms with E-state index in [0.29, 0.717) is 19.5 Å². The van der Waals surface area contributed by atoms with E-state index in [2.05, 4.69) is 46.1 Å². The van der Waals surface area contributed by atoms with E-state index in [1.165, 1.54) is 16.7 Å². The van der Waals surface area contributed by atoms with Crippen LogP contribution in [0.2, 0.25) is 0 Å². The Labute approximate surface area is 171 Å². The molecule has 0 bridgehead atoms. The van der Waals surface area contributed by atoms with Gasteiger partial charge in [0.1, 0.15) is 0 Å². The normalized spacial score (nSPS) is 16.2. The van der Waals surface area contributed by atoms with Crippen molar-refractivity contribution in [3.05, 3.63) is 65.2 Å². The summed E-state index contributed by atoms with van der Waals surface area (Å²) < 4.78 is 0. The molecule has 2 aromatic rings.